The monoisotopic (exact) mass is 348 g/mol. The Labute approximate surface area is 149 Å². The van der Waals surface area contributed by atoms with Gasteiger partial charge in [0.1, 0.15) is 12.4 Å². The van der Waals surface area contributed by atoms with Crippen molar-refractivity contribution in [1.29, 1.82) is 0 Å². The van der Waals surface area contributed by atoms with Gasteiger partial charge in [-0.05, 0) is 36.6 Å². The summed E-state index contributed by atoms with van der Waals surface area (Å²) in [4.78, 5) is 16.4. The van der Waals surface area contributed by atoms with Crippen LogP contribution in [0.1, 0.15) is 12.0 Å². The number of carbonyl (C=O) groups excluding carboxylic acids is 1. The van der Waals surface area contributed by atoms with Gasteiger partial charge in [-0.2, -0.15) is 0 Å². The van der Waals surface area contributed by atoms with Crippen LogP contribution >= 0.6 is 0 Å². The molecule has 0 saturated carbocycles. The maximum Gasteiger partial charge on any atom is 0.248 e. The molecule has 2 heterocycles. The van der Waals surface area contributed by atoms with E-state index in [1.165, 1.54) is 5.56 Å². The molecule has 0 aromatic heterocycles. The van der Waals surface area contributed by atoms with Gasteiger partial charge >= 0.3 is 0 Å². The van der Waals surface area contributed by atoms with Crippen LogP contribution < -0.4 is 4.74 Å². The van der Waals surface area contributed by atoms with E-state index in [9.17, 15) is 9.90 Å². The van der Waals surface area contributed by atoms with Crippen molar-refractivity contribution in [3.63, 3.8) is 0 Å². The fourth-order valence-corrected chi connectivity index (χ4v) is 4.23. The number of piperidine rings is 1. The molecular formula is C19H28N2O4. The van der Waals surface area contributed by atoms with Crippen LogP contribution in [0.2, 0.25) is 0 Å². The van der Waals surface area contributed by atoms with Crippen molar-refractivity contribution in [3.8, 4) is 5.75 Å². The standard InChI is InChI=1S/C19H28N2O4/c1-24-11-18(23)21-10-16-7-8-20(12-19(16,13-21)14-22)9-15-3-5-17(25-2)6-4-15/h3-6,16,22H,7-14H2,1-2H3. The molecule has 1 amide bonds. The summed E-state index contributed by atoms with van der Waals surface area (Å²) in [5.74, 6) is 1.24. The molecule has 6 nitrogen and oxygen atoms in total. The van der Waals surface area contributed by atoms with E-state index < -0.39 is 0 Å². The van der Waals surface area contributed by atoms with Gasteiger partial charge < -0.3 is 19.5 Å². The van der Waals surface area contributed by atoms with Crippen LogP contribution in [0.5, 0.6) is 5.75 Å². The summed E-state index contributed by atoms with van der Waals surface area (Å²) in [5, 5.41) is 10.1. The molecular weight excluding hydrogens is 320 g/mol. The highest BCUT2D eigenvalue weighted by molar-refractivity contribution is 5.77. The number of nitrogens with zero attached hydrogens (tertiary/aromatic N) is 2. The topological polar surface area (TPSA) is 62.2 Å². The summed E-state index contributed by atoms with van der Waals surface area (Å²) in [6.07, 6.45) is 1.01. The molecule has 0 aliphatic carbocycles. The predicted molar refractivity (Wildman–Crippen MR) is 94.4 cm³/mol. The smallest absolute Gasteiger partial charge is 0.248 e. The van der Waals surface area contributed by atoms with Gasteiger partial charge in [-0.3, -0.25) is 9.69 Å². The van der Waals surface area contributed by atoms with Gasteiger partial charge in [0, 0.05) is 38.7 Å². The first-order valence-corrected chi connectivity index (χ1v) is 8.83. The highest BCUT2D eigenvalue weighted by Gasteiger charge is 2.50. The molecule has 1 aromatic rings. The van der Waals surface area contributed by atoms with Crippen molar-refractivity contribution in [2.24, 2.45) is 11.3 Å². The fraction of sp³-hybridized carbons (Fsp3) is 0.632. The number of ether oxygens (including phenoxy) is 2. The minimum Gasteiger partial charge on any atom is -0.497 e. The Hall–Kier alpha value is -1.63. The Morgan fingerprint density at radius 2 is 2.04 bits per heavy atom. The summed E-state index contributed by atoms with van der Waals surface area (Å²) < 4.78 is 10.2. The number of likely N-dealkylation sites (tertiary alicyclic amines) is 2. The zero-order chi connectivity index (χ0) is 17.9. The summed E-state index contributed by atoms with van der Waals surface area (Å²) in [6.45, 7) is 4.25. The van der Waals surface area contributed by atoms with Crippen LogP contribution in [-0.2, 0) is 16.1 Å². The maximum atomic E-state index is 12.2. The van der Waals surface area contributed by atoms with Gasteiger partial charge in [-0.1, -0.05) is 12.1 Å². The Morgan fingerprint density at radius 1 is 1.28 bits per heavy atom. The Kier molecular flexibility index (Phi) is 5.61. The largest absolute Gasteiger partial charge is 0.497 e. The summed E-state index contributed by atoms with van der Waals surface area (Å²) >= 11 is 0. The molecule has 2 saturated heterocycles. The second-order valence-electron chi connectivity index (χ2n) is 7.27. The zero-order valence-electron chi connectivity index (χ0n) is 15.1. The Morgan fingerprint density at radius 3 is 2.68 bits per heavy atom. The minimum absolute atomic E-state index is 0.0198. The first-order valence-electron chi connectivity index (χ1n) is 8.83. The maximum absolute atomic E-state index is 12.2. The van der Waals surface area contributed by atoms with Crippen molar-refractivity contribution in [3.05, 3.63) is 29.8 Å². The molecule has 1 N–H and O–H groups in total. The first kappa shape index (κ1) is 18.2. The third kappa shape index (κ3) is 3.81. The highest BCUT2D eigenvalue weighted by Crippen LogP contribution is 2.42. The number of benzene rings is 1. The number of rotatable bonds is 6. The molecule has 2 aliphatic rings. The van der Waals surface area contributed by atoms with E-state index in [0.29, 0.717) is 12.5 Å². The van der Waals surface area contributed by atoms with Crippen LogP contribution in [0.3, 0.4) is 0 Å². The molecule has 0 spiro atoms. The van der Waals surface area contributed by atoms with Gasteiger partial charge in [0.05, 0.1) is 13.7 Å². The van der Waals surface area contributed by atoms with Gasteiger partial charge in [-0.25, -0.2) is 0 Å². The van der Waals surface area contributed by atoms with Crippen LogP contribution in [0.15, 0.2) is 24.3 Å². The van der Waals surface area contributed by atoms with Crippen LogP contribution in [-0.4, -0.2) is 74.4 Å². The lowest BCUT2D eigenvalue weighted by atomic mass is 9.74. The molecule has 6 heteroatoms. The third-order valence-electron chi connectivity index (χ3n) is 5.65. The van der Waals surface area contributed by atoms with Crippen molar-refractivity contribution in [2.45, 2.75) is 13.0 Å². The van der Waals surface area contributed by atoms with Gasteiger partial charge in [0.15, 0.2) is 0 Å². The second-order valence-corrected chi connectivity index (χ2v) is 7.27. The average molecular weight is 348 g/mol. The van der Waals surface area contributed by atoms with Crippen LogP contribution in [0.4, 0.5) is 0 Å². The molecule has 138 valence electrons. The molecule has 2 atom stereocenters. The van der Waals surface area contributed by atoms with Crippen molar-refractivity contribution >= 4 is 5.91 Å². The molecule has 3 rings (SSSR count). The number of hydrogen-bond donors (Lipinski definition) is 1. The van der Waals surface area contributed by atoms with E-state index in [2.05, 4.69) is 17.0 Å². The van der Waals surface area contributed by atoms with Gasteiger partial charge in [-0.15, -0.1) is 0 Å². The van der Waals surface area contributed by atoms with E-state index in [1.807, 2.05) is 17.0 Å². The van der Waals surface area contributed by atoms with E-state index in [4.69, 9.17) is 9.47 Å². The number of aliphatic hydroxyl groups excluding tert-OH is 1. The number of hydrogen-bond acceptors (Lipinski definition) is 5. The van der Waals surface area contributed by atoms with Gasteiger partial charge in [0.2, 0.25) is 5.91 Å². The van der Waals surface area contributed by atoms with Crippen LogP contribution in [0.25, 0.3) is 0 Å². The van der Waals surface area contributed by atoms with Crippen molar-refractivity contribution in [2.75, 3.05) is 53.6 Å². The van der Waals surface area contributed by atoms with Crippen molar-refractivity contribution < 1.29 is 19.4 Å². The van der Waals surface area contributed by atoms with E-state index in [-0.39, 0.29) is 24.5 Å². The molecule has 0 radical (unpaired) electrons. The lowest BCUT2D eigenvalue weighted by Crippen LogP contribution is -2.50. The number of aliphatic hydroxyl groups is 1. The number of amides is 1. The molecule has 2 fully saturated rings. The molecule has 2 unspecified atom stereocenters. The fourth-order valence-electron chi connectivity index (χ4n) is 4.23. The Bertz CT molecular complexity index is 592. The van der Waals surface area contributed by atoms with Crippen molar-refractivity contribution in [1.82, 2.24) is 9.80 Å². The minimum atomic E-state index is -0.214. The van der Waals surface area contributed by atoms with E-state index in [1.54, 1.807) is 14.2 Å². The number of methoxy groups -OCH3 is 2. The van der Waals surface area contributed by atoms with E-state index in [0.717, 1.165) is 38.3 Å². The summed E-state index contributed by atoms with van der Waals surface area (Å²) in [7, 11) is 3.21. The molecule has 25 heavy (non-hydrogen) atoms. The molecule has 2 aliphatic heterocycles. The van der Waals surface area contributed by atoms with Gasteiger partial charge in [0.25, 0.3) is 0 Å². The molecule has 0 bridgehead atoms. The summed E-state index contributed by atoms with van der Waals surface area (Å²) in [5.41, 5.74) is 1.02. The first-order chi connectivity index (χ1) is 12.1. The molecule has 1 aromatic carbocycles. The number of carbonyl (C=O) groups is 1. The van der Waals surface area contributed by atoms with Crippen LogP contribution in [0, 0.1) is 11.3 Å². The summed E-state index contributed by atoms with van der Waals surface area (Å²) in [6, 6.07) is 8.12. The lowest BCUT2D eigenvalue weighted by molar-refractivity contribution is -0.134. The highest BCUT2D eigenvalue weighted by atomic mass is 16.5. The number of fused-ring (bicyclic) bond motifs is 1. The quantitative estimate of drug-likeness (QED) is 0.831. The lowest BCUT2D eigenvalue weighted by Gasteiger charge is -2.43. The third-order valence-corrected chi connectivity index (χ3v) is 5.65. The SMILES string of the molecule is COCC(=O)N1CC2CCN(Cc3ccc(OC)cc3)CC2(CO)C1. The van der Waals surface area contributed by atoms with E-state index >= 15 is 0 Å². The normalized spacial score (nSPS) is 26.5. The Balaban J connectivity index is 1.66. The zero-order valence-corrected chi connectivity index (χ0v) is 15.1. The average Bonchev–Trinajstić information content (AvgIpc) is 3.02. The predicted octanol–water partition coefficient (Wildman–Crippen LogP) is 0.984. The second kappa shape index (κ2) is 7.72.